The van der Waals surface area contributed by atoms with Crippen molar-refractivity contribution in [2.45, 2.75) is 109 Å². The Hall–Kier alpha value is -0.560. The van der Waals surface area contributed by atoms with Gasteiger partial charge in [-0.25, -0.2) is 0 Å². The van der Waals surface area contributed by atoms with E-state index in [-0.39, 0.29) is 0 Å². The second kappa shape index (κ2) is 11.3. The predicted molar refractivity (Wildman–Crippen MR) is 128 cm³/mol. The summed E-state index contributed by atoms with van der Waals surface area (Å²) in [7, 11) is 1.88. The van der Waals surface area contributed by atoms with Gasteiger partial charge in [-0.05, 0) is 144 Å². The minimum absolute atomic E-state index is 0.530. The third-order valence-electron chi connectivity index (χ3n) is 9.82. The van der Waals surface area contributed by atoms with E-state index in [0.717, 1.165) is 41.4 Å². The fourth-order valence-electron chi connectivity index (χ4n) is 7.58. The van der Waals surface area contributed by atoms with Crippen LogP contribution < -0.4 is 0 Å². The lowest BCUT2D eigenvalue weighted by molar-refractivity contribution is 0.0626. The first-order valence-corrected chi connectivity index (χ1v) is 13.6. The van der Waals surface area contributed by atoms with Crippen LogP contribution in [0.25, 0.3) is 0 Å². The summed E-state index contributed by atoms with van der Waals surface area (Å²) in [4.78, 5) is 0. The van der Waals surface area contributed by atoms with Gasteiger partial charge in [0.05, 0.1) is 6.10 Å². The average Bonchev–Trinajstić information content (AvgIpc) is 2.83. The van der Waals surface area contributed by atoms with Crippen LogP contribution in [-0.4, -0.2) is 13.2 Å². The Morgan fingerprint density at radius 3 is 1.20 bits per heavy atom. The maximum Gasteiger partial charge on any atom is 0.0571 e. The maximum atomic E-state index is 5.53. The molecule has 0 atom stereocenters. The second-order valence-corrected chi connectivity index (χ2v) is 11.4. The summed E-state index contributed by atoms with van der Waals surface area (Å²) < 4.78 is 5.53. The summed E-state index contributed by atoms with van der Waals surface area (Å²) in [5.74, 6) is 6.72. The average molecular weight is 413 g/mol. The van der Waals surface area contributed by atoms with Crippen LogP contribution in [0.4, 0.5) is 0 Å². The Balaban J connectivity index is 1.13. The predicted octanol–water partition coefficient (Wildman–Crippen LogP) is 8.35. The van der Waals surface area contributed by atoms with Crippen LogP contribution in [0.5, 0.6) is 0 Å². The molecule has 170 valence electrons. The number of hydrogen-bond donors (Lipinski definition) is 0. The third-order valence-corrected chi connectivity index (χ3v) is 9.82. The molecule has 4 aliphatic carbocycles. The molecule has 0 aromatic rings. The summed E-state index contributed by atoms with van der Waals surface area (Å²) in [6.07, 6.45) is 31.0. The molecular formula is C29H48O. The molecule has 4 rings (SSSR count). The van der Waals surface area contributed by atoms with Crippen molar-refractivity contribution in [3.63, 3.8) is 0 Å². The molecule has 0 saturated heterocycles. The lowest BCUT2D eigenvalue weighted by Gasteiger charge is -2.41. The SMILES string of the molecule is C=CC1CCC(C2CCC(C3CCC(/C=C/C4CCC(OC)CC4)CC3)CC2)CC1. The Morgan fingerprint density at radius 2 is 0.833 bits per heavy atom. The summed E-state index contributed by atoms with van der Waals surface area (Å²) >= 11 is 0. The van der Waals surface area contributed by atoms with E-state index >= 15 is 0 Å². The normalized spacial score (nSPS) is 43.5. The van der Waals surface area contributed by atoms with Gasteiger partial charge in [0.15, 0.2) is 0 Å². The van der Waals surface area contributed by atoms with E-state index < -0.39 is 0 Å². The Bertz CT molecular complexity index is 519. The first-order valence-electron chi connectivity index (χ1n) is 13.6. The van der Waals surface area contributed by atoms with Gasteiger partial charge in [0.2, 0.25) is 0 Å². The summed E-state index contributed by atoms with van der Waals surface area (Å²) in [6.45, 7) is 4.02. The fourth-order valence-corrected chi connectivity index (χ4v) is 7.58. The monoisotopic (exact) mass is 412 g/mol. The van der Waals surface area contributed by atoms with Gasteiger partial charge < -0.3 is 4.74 Å². The van der Waals surface area contributed by atoms with E-state index in [9.17, 15) is 0 Å². The molecule has 0 unspecified atom stereocenters. The van der Waals surface area contributed by atoms with Crippen LogP contribution in [0.3, 0.4) is 0 Å². The van der Waals surface area contributed by atoms with Crippen LogP contribution in [-0.2, 0) is 4.74 Å². The van der Waals surface area contributed by atoms with Crippen LogP contribution in [0.15, 0.2) is 24.8 Å². The van der Waals surface area contributed by atoms with Crippen LogP contribution in [0.1, 0.15) is 103 Å². The highest BCUT2D eigenvalue weighted by Crippen LogP contribution is 2.46. The van der Waals surface area contributed by atoms with Crippen molar-refractivity contribution in [2.24, 2.45) is 41.4 Å². The fraction of sp³-hybridized carbons (Fsp3) is 0.862. The standard InChI is InChI=1S/C29H48O/c1-3-22-6-12-25(13-7-22)27-16-18-28(19-17-27)26-14-8-23(9-15-26)4-5-24-10-20-29(30-2)21-11-24/h3-5,22-29H,1,6-21H2,2H3/b5-4+. The van der Waals surface area contributed by atoms with Gasteiger partial charge in [0.1, 0.15) is 0 Å². The summed E-state index contributed by atoms with van der Waals surface area (Å²) in [5, 5.41) is 0. The number of ether oxygens (including phenoxy) is 1. The molecule has 4 aliphatic rings. The zero-order chi connectivity index (χ0) is 20.8. The molecule has 0 aliphatic heterocycles. The molecule has 4 saturated carbocycles. The van der Waals surface area contributed by atoms with Crippen LogP contribution in [0, 0.1) is 41.4 Å². The molecule has 0 aromatic heterocycles. The van der Waals surface area contributed by atoms with E-state index in [1.54, 1.807) is 12.8 Å². The van der Waals surface area contributed by atoms with Crippen LogP contribution >= 0.6 is 0 Å². The van der Waals surface area contributed by atoms with Crippen molar-refractivity contribution in [2.75, 3.05) is 7.11 Å². The molecule has 0 spiro atoms. The maximum absolute atomic E-state index is 5.53. The Labute approximate surface area is 187 Å². The number of hydrogen-bond acceptors (Lipinski definition) is 1. The van der Waals surface area contributed by atoms with Gasteiger partial charge in [-0.3, -0.25) is 0 Å². The molecular weight excluding hydrogens is 364 g/mol. The summed E-state index contributed by atoms with van der Waals surface area (Å²) in [6, 6.07) is 0. The quantitative estimate of drug-likeness (QED) is 0.398. The van der Waals surface area contributed by atoms with Crippen molar-refractivity contribution < 1.29 is 4.74 Å². The molecule has 0 radical (unpaired) electrons. The highest BCUT2D eigenvalue weighted by molar-refractivity contribution is 4.97. The number of allylic oxidation sites excluding steroid dienone is 3. The zero-order valence-electron chi connectivity index (χ0n) is 19.8. The van der Waals surface area contributed by atoms with Crippen molar-refractivity contribution in [1.82, 2.24) is 0 Å². The zero-order valence-corrected chi connectivity index (χ0v) is 19.8. The minimum Gasteiger partial charge on any atom is -0.381 e. The van der Waals surface area contributed by atoms with Crippen LogP contribution in [0.2, 0.25) is 0 Å². The summed E-state index contributed by atoms with van der Waals surface area (Å²) in [5.41, 5.74) is 0. The Morgan fingerprint density at radius 1 is 0.500 bits per heavy atom. The van der Waals surface area contributed by atoms with Gasteiger partial charge in [-0.15, -0.1) is 6.58 Å². The van der Waals surface area contributed by atoms with Gasteiger partial charge in [-0.2, -0.15) is 0 Å². The lowest BCUT2D eigenvalue weighted by Crippen LogP contribution is -2.29. The lowest BCUT2D eigenvalue weighted by atomic mass is 9.65. The molecule has 0 aromatic carbocycles. The van der Waals surface area contributed by atoms with Crippen molar-refractivity contribution >= 4 is 0 Å². The van der Waals surface area contributed by atoms with Crippen molar-refractivity contribution in [1.29, 1.82) is 0 Å². The first kappa shape index (κ1) is 22.6. The van der Waals surface area contributed by atoms with Gasteiger partial charge >= 0.3 is 0 Å². The van der Waals surface area contributed by atoms with E-state index in [4.69, 9.17) is 4.74 Å². The number of methoxy groups -OCH3 is 1. The van der Waals surface area contributed by atoms with Crippen molar-refractivity contribution in [3.8, 4) is 0 Å². The molecule has 0 bridgehead atoms. The van der Waals surface area contributed by atoms with E-state index in [2.05, 4.69) is 24.8 Å². The van der Waals surface area contributed by atoms with Gasteiger partial charge in [0.25, 0.3) is 0 Å². The van der Waals surface area contributed by atoms with Crippen molar-refractivity contribution in [3.05, 3.63) is 24.8 Å². The largest absolute Gasteiger partial charge is 0.381 e. The molecule has 0 amide bonds. The molecule has 0 N–H and O–H groups in total. The van der Waals surface area contributed by atoms with E-state index in [1.165, 1.54) is 89.9 Å². The minimum atomic E-state index is 0.530. The highest BCUT2D eigenvalue weighted by atomic mass is 16.5. The molecule has 1 nitrogen and oxygen atoms in total. The highest BCUT2D eigenvalue weighted by Gasteiger charge is 2.34. The molecule has 1 heteroatoms. The third kappa shape index (κ3) is 6.02. The molecule has 0 heterocycles. The number of rotatable bonds is 6. The smallest absolute Gasteiger partial charge is 0.0571 e. The van der Waals surface area contributed by atoms with Gasteiger partial charge in [0, 0.05) is 7.11 Å². The molecule has 4 fully saturated rings. The van der Waals surface area contributed by atoms with Gasteiger partial charge in [-0.1, -0.05) is 18.2 Å². The topological polar surface area (TPSA) is 9.23 Å². The second-order valence-electron chi connectivity index (χ2n) is 11.4. The van der Waals surface area contributed by atoms with E-state index in [1.807, 2.05) is 7.11 Å². The first-order chi connectivity index (χ1) is 14.7. The van der Waals surface area contributed by atoms with E-state index in [0.29, 0.717) is 6.10 Å². The Kier molecular flexibility index (Phi) is 8.56. The molecule has 30 heavy (non-hydrogen) atoms.